The summed E-state index contributed by atoms with van der Waals surface area (Å²) in [5.41, 5.74) is 9.46. The van der Waals surface area contributed by atoms with Crippen LogP contribution in [-0.2, 0) is 23.2 Å². The van der Waals surface area contributed by atoms with E-state index in [4.69, 9.17) is 10.5 Å². The van der Waals surface area contributed by atoms with Gasteiger partial charge < -0.3 is 20.7 Å². The number of ether oxygens (including phenoxy) is 1. The van der Waals surface area contributed by atoms with E-state index >= 15 is 0 Å². The molecule has 1 aromatic heterocycles. The van der Waals surface area contributed by atoms with Crippen LogP contribution in [0.1, 0.15) is 46.4 Å². The minimum atomic E-state index is -0.448. The molecule has 3 N–H and O–H groups in total. The van der Waals surface area contributed by atoms with Crippen LogP contribution in [0.5, 0.6) is 0 Å². The highest BCUT2D eigenvalue weighted by molar-refractivity contribution is 5.95. The number of aromatic nitrogens is 2. The number of anilines is 1. The smallest absolute Gasteiger partial charge is 0.254 e. The van der Waals surface area contributed by atoms with Gasteiger partial charge in [-0.15, -0.1) is 0 Å². The lowest BCUT2D eigenvalue weighted by molar-refractivity contribution is -0.0966. The van der Waals surface area contributed by atoms with E-state index in [9.17, 15) is 4.79 Å². The van der Waals surface area contributed by atoms with E-state index in [2.05, 4.69) is 21.4 Å². The van der Waals surface area contributed by atoms with E-state index in [0.717, 1.165) is 61.2 Å². The Morgan fingerprint density at radius 2 is 2.13 bits per heavy atom. The lowest BCUT2D eigenvalue weighted by Gasteiger charge is -2.44. The minimum Gasteiger partial charge on any atom is -0.368 e. The van der Waals surface area contributed by atoms with Gasteiger partial charge in [0.25, 0.3) is 5.91 Å². The largest absolute Gasteiger partial charge is 0.368 e. The Kier molecular flexibility index (Phi) is 5.16. The first-order chi connectivity index (χ1) is 14.6. The zero-order valence-electron chi connectivity index (χ0n) is 17.3. The Bertz CT molecular complexity index is 933. The van der Waals surface area contributed by atoms with Crippen LogP contribution in [0.15, 0.2) is 30.5 Å². The standard InChI is InChI=1S/C23H29N5O2/c24-22-26-15-18-6-12-30-23(20(18)27-22)7-10-28(11-8-23)21(29)19-4-2-1-3-17(19)13-16-5-9-25-14-16/h1-4,15-16,25H,5-14H2,(H2,24,26,27). The Morgan fingerprint density at radius 1 is 1.30 bits per heavy atom. The summed E-state index contributed by atoms with van der Waals surface area (Å²) < 4.78 is 6.24. The lowest BCUT2D eigenvalue weighted by atomic mass is 9.83. The summed E-state index contributed by atoms with van der Waals surface area (Å²) in [6.07, 6.45) is 6.24. The highest BCUT2D eigenvalue weighted by Gasteiger charge is 2.43. The van der Waals surface area contributed by atoms with Gasteiger partial charge in [-0.1, -0.05) is 18.2 Å². The zero-order chi connectivity index (χ0) is 20.6. The molecule has 2 aromatic rings. The molecule has 3 aliphatic heterocycles. The second-order valence-corrected chi connectivity index (χ2v) is 8.71. The number of piperidine rings is 1. The molecular weight excluding hydrogens is 378 g/mol. The Hall–Kier alpha value is -2.51. The van der Waals surface area contributed by atoms with Gasteiger partial charge in [-0.25, -0.2) is 9.97 Å². The molecule has 4 heterocycles. The number of benzene rings is 1. The van der Waals surface area contributed by atoms with Gasteiger partial charge >= 0.3 is 0 Å². The third-order valence-electron chi connectivity index (χ3n) is 6.84. The van der Waals surface area contributed by atoms with Gasteiger partial charge in [-0.2, -0.15) is 0 Å². The number of nitrogens with two attached hydrogens (primary N) is 1. The average Bonchev–Trinajstić information content (AvgIpc) is 3.28. The fourth-order valence-corrected chi connectivity index (χ4v) is 5.15. The van der Waals surface area contributed by atoms with Crippen LogP contribution in [0.25, 0.3) is 0 Å². The van der Waals surface area contributed by atoms with Crippen LogP contribution >= 0.6 is 0 Å². The fraction of sp³-hybridized carbons (Fsp3) is 0.522. The molecule has 1 atom stereocenters. The summed E-state index contributed by atoms with van der Waals surface area (Å²) >= 11 is 0. The van der Waals surface area contributed by atoms with E-state index in [-0.39, 0.29) is 11.9 Å². The average molecular weight is 408 g/mol. The topological polar surface area (TPSA) is 93.4 Å². The van der Waals surface area contributed by atoms with Crippen molar-refractivity contribution in [3.05, 3.63) is 52.8 Å². The van der Waals surface area contributed by atoms with Crippen molar-refractivity contribution in [1.29, 1.82) is 0 Å². The first kappa shape index (κ1) is 19.5. The van der Waals surface area contributed by atoms with Gasteiger partial charge in [-0.05, 0) is 68.3 Å². The van der Waals surface area contributed by atoms with Gasteiger partial charge in [0.2, 0.25) is 5.95 Å². The third kappa shape index (κ3) is 3.56. The molecule has 0 bridgehead atoms. The maximum absolute atomic E-state index is 13.4. The number of nitrogen functional groups attached to an aromatic ring is 1. The molecule has 0 saturated carbocycles. The van der Waals surface area contributed by atoms with Gasteiger partial charge in [0, 0.05) is 24.8 Å². The Balaban J connectivity index is 1.32. The number of nitrogens with one attached hydrogen (secondary N) is 1. The number of likely N-dealkylation sites (tertiary alicyclic amines) is 1. The SMILES string of the molecule is Nc1ncc2c(n1)C1(CCN(C(=O)c3ccccc3CC3CCNC3)CC1)OCC2. The maximum Gasteiger partial charge on any atom is 0.254 e. The van der Waals surface area contributed by atoms with E-state index in [1.807, 2.05) is 29.3 Å². The number of fused-ring (bicyclic) bond motifs is 2. The predicted octanol–water partition coefficient (Wildman–Crippen LogP) is 1.91. The summed E-state index contributed by atoms with van der Waals surface area (Å²) in [5, 5.41) is 3.42. The molecule has 158 valence electrons. The molecule has 0 radical (unpaired) electrons. The molecule has 7 nitrogen and oxygen atoms in total. The monoisotopic (exact) mass is 407 g/mol. The first-order valence-electron chi connectivity index (χ1n) is 11.0. The van der Waals surface area contributed by atoms with Crippen LogP contribution in [0.4, 0.5) is 5.95 Å². The van der Waals surface area contributed by atoms with E-state index < -0.39 is 5.60 Å². The van der Waals surface area contributed by atoms with Crippen LogP contribution < -0.4 is 11.1 Å². The van der Waals surface area contributed by atoms with Crippen molar-refractivity contribution in [3.8, 4) is 0 Å². The minimum absolute atomic E-state index is 0.129. The number of rotatable bonds is 3. The Morgan fingerprint density at radius 3 is 2.93 bits per heavy atom. The molecule has 1 spiro atoms. The molecule has 1 unspecified atom stereocenters. The highest BCUT2D eigenvalue weighted by Crippen LogP contribution is 2.40. The van der Waals surface area contributed by atoms with Crippen LogP contribution in [0.3, 0.4) is 0 Å². The second-order valence-electron chi connectivity index (χ2n) is 8.71. The first-order valence-corrected chi connectivity index (χ1v) is 11.0. The number of hydrogen-bond donors (Lipinski definition) is 2. The van der Waals surface area contributed by atoms with E-state index in [1.54, 1.807) is 0 Å². The third-order valence-corrected chi connectivity index (χ3v) is 6.84. The van der Waals surface area contributed by atoms with Gasteiger partial charge in [0.1, 0.15) is 5.60 Å². The van der Waals surface area contributed by atoms with Crippen molar-refractivity contribution in [2.45, 2.75) is 37.7 Å². The molecule has 0 aliphatic carbocycles. The number of carbonyl (C=O) groups is 1. The molecule has 30 heavy (non-hydrogen) atoms. The van der Waals surface area contributed by atoms with Crippen molar-refractivity contribution in [1.82, 2.24) is 20.2 Å². The molecule has 2 fully saturated rings. The molecule has 7 heteroatoms. The molecule has 1 amide bonds. The van der Waals surface area contributed by atoms with Crippen molar-refractivity contribution in [2.24, 2.45) is 5.92 Å². The van der Waals surface area contributed by atoms with Gasteiger partial charge in [-0.3, -0.25) is 4.79 Å². The summed E-state index contributed by atoms with van der Waals surface area (Å²) in [4.78, 5) is 24.0. The molecule has 1 aromatic carbocycles. The number of amides is 1. The second kappa shape index (κ2) is 7.96. The van der Waals surface area contributed by atoms with Crippen molar-refractivity contribution >= 4 is 11.9 Å². The number of hydrogen-bond acceptors (Lipinski definition) is 6. The predicted molar refractivity (Wildman–Crippen MR) is 114 cm³/mol. The molecular formula is C23H29N5O2. The van der Waals surface area contributed by atoms with Gasteiger partial charge in [0.15, 0.2) is 0 Å². The summed E-state index contributed by atoms with van der Waals surface area (Å²) in [6, 6.07) is 8.09. The number of nitrogens with zero attached hydrogens (tertiary/aromatic N) is 3. The highest BCUT2D eigenvalue weighted by atomic mass is 16.5. The summed E-state index contributed by atoms with van der Waals surface area (Å²) in [5.74, 6) is 1.03. The van der Waals surface area contributed by atoms with Gasteiger partial charge in [0.05, 0.1) is 12.3 Å². The Labute approximate surface area is 177 Å². The van der Waals surface area contributed by atoms with E-state index in [1.165, 1.54) is 6.42 Å². The normalized spacial score (nSPS) is 22.8. The quantitative estimate of drug-likeness (QED) is 0.807. The number of carbonyl (C=O) groups excluding carboxylic acids is 1. The van der Waals surface area contributed by atoms with Crippen molar-refractivity contribution in [3.63, 3.8) is 0 Å². The van der Waals surface area contributed by atoms with Crippen LogP contribution in [0, 0.1) is 5.92 Å². The zero-order valence-corrected chi connectivity index (χ0v) is 17.3. The summed E-state index contributed by atoms with van der Waals surface area (Å²) in [6.45, 7) is 4.08. The summed E-state index contributed by atoms with van der Waals surface area (Å²) in [7, 11) is 0. The van der Waals surface area contributed by atoms with Crippen molar-refractivity contribution < 1.29 is 9.53 Å². The van der Waals surface area contributed by atoms with Crippen LogP contribution in [0.2, 0.25) is 0 Å². The molecule has 2 saturated heterocycles. The van der Waals surface area contributed by atoms with E-state index in [0.29, 0.717) is 25.6 Å². The van der Waals surface area contributed by atoms with Crippen molar-refractivity contribution in [2.75, 3.05) is 38.5 Å². The molecule has 5 rings (SSSR count). The molecule has 3 aliphatic rings. The van der Waals surface area contributed by atoms with Crippen LogP contribution in [-0.4, -0.2) is 53.6 Å². The maximum atomic E-state index is 13.4. The fourth-order valence-electron chi connectivity index (χ4n) is 5.15. The lowest BCUT2D eigenvalue weighted by Crippen LogP contribution is -2.49.